The van der Waals surface area contributed by atoms with Crippen LogP contribution < -0.4 is 5.32 Å². The van der Waals surface area contributed by atoms with E-state index in [0.717, 1.165) is 16.0 Å². The van der Waals surface area contributed by atoms with Gasteiger partial charge >= 0.3 is 6.18 Å². The lowest BCUT2D eigenvalue weighted by Gasteiger charge is -2.30. The number of carbonyl (C=O) groups excluding carboxylic acids is 1. The Morgan fingerprint density at radius 3 is 2.64 bits per heavy atom. The summed E-state index contributed by atoms with van der Waals surface area (Å²) in [6, 6.07) is 7.13. The average Bonchev–Trinajstić information content (AvgIpc) is 2.89. The minimum absolute atomic E-state index is 0.0747. The number of fused-ring (bicyclic) bond motifs is 1. The molecule has 1 saturated heterocycles. The van der Waals surface area contributed by atoms with Gasteiger partial charge in [-0.05, 0) is 17.5 Å². The highest BCUT2D eigenvalue weighted by Crippen LogP contribution is 2.37. The first-order valence-electron chi connectivity index (χ1n) is 7.18. The molecule has 1 aromatic carbocycles. The molecule has 0 aromatic heterocycles. The van der Waals surface area contributed by atoms with Gasteiger partial charge in [0, 0.05) is 19.5 Å². The van der Waals surface area contributed by atoms with Crippen molar-refractivity contribution in [3.63, 3.8) is 0 Å². The van der Waals surface area contributed by atoms with E-state index in [2.05, 4.69) is 5.32 Å². The van der Waals surface area contributed by atoms with E-state index < -0.39 is 30.8 Å². The lowest BCUT2D eigenvalue weighted by molar-refractivity contribution is -0.253. The van der Waals surface area contributed by atoms with Gasteiger partial charge in [0.1, 0.15) is 0 Å². The third-order valence-corrected chi connectivity index (χ3v) is 4.47. The number of halogens is 3. The number of β-amino-alcohol motifs (C(OH)–C–C–N with tert-alkyl or cyclic N) is 1. The number of aliphatic hydroxyl groups is 1. The van der Waals surface area contributed by atoms with Gasteiger partial charge in [-0.2, -0.15) is 13.2 Å². The Morgan fingerprint density at radius 2 is 2.00 bits per heavy atom. The largest absolute Gasteiger partial charge is 0.419 e. The van der Waals surface area contributed by atoms with Crippen molar-refractivity contribution in [2.24, 2.45) is 0 Å². The third kappa shape index (κ3) is 2.59. The zero-order valence-electron chi connectivity index (χ0n) is 11.9. The van der Waals surface area contributed by atoms with Crippen LogP contribution in [0, 0.1) is 0 Å². The number of carbonyl (C=O) groups is 1. The first-order chi connectivity index (χ1) is 10.3. The van der Waals surface area contributed by atoms with Crippen LogP contribution in [0.4, 0.5) is 13.2 Å². The first kappa shape index (κ1) is 15.3. The van der Waals surface area contributed by atoms with Crippen molar-refractivity contribution in [2.45, 2.75) is 37.2 Å². The Labute approximate surface area is 125 Å². The molecule has 0 radical (unpaired) electrons. The number of benzene rings is 1. The lowest BCUT2D eigenvalue weighted by atomic mass is 9.95. The SMILES string of the molecule is O=C([C@@H]1Cc2ccccc2CN1)N1CC[C@@](O)(C(F)(F)F)C1. The maximum atomic E-state index is 12.8. The third-order valence-electron chi connectivity index (χ3n) is 4.47. The number of likely N-dealkylation sites (tertiary alicyclic amines) is 1. The van der Waals surface area contributed by atoms with Crippen LogP contribution in [0.25, 0.3) is 0 Å². The van der Waals surface area contributed by atoms with Crippen LogP contribution >= 0.6 is 0 Å². The minimum atomic E-state index is -4.71. The van der Waals surface area contributed by atoms with E-state index >= 15 is 0 Å². The van der Waals surface area contributed by atoms with Gasteiger partial charge in [-0.3, -0.25) is 4.79 Å². The van der Waals surface area contributed by atoms with Crippen LogP contribution in [-0.4, -0.2) is 46.8 Å². The van der Waals surface area contributed by atoms with Gasteiger partial charge in [0.05, 0.1) is 12.6 Å². The summed E-state index contributed by atoms with van der Waals surface area (Å²) in [6.45, 7) is -0.242. The molecule has 1 aromatic rings. The molecule has 0 saturated carbocycles. The van der Waals surface area contributed by atoms with Crippen molar-refractivity contribution in [1.82, 2.24) is 10.2 Å². The fraction of sp³-hybridized carbons (Fsp3) is 0.533. The summed E-state index contributed by atoms with van der Waals surface area (Å²) < 4.78 is 38.5. The molecule has 0 bridgehead atoms. The fourth-order valence-corrected chi connectivity index (χ4v) is 3.06. The maximum Gasteiger partial charge on any atom is 0.419 e. The topological polar surface area (TPSA) is 52.6 Å². The van der Waals surface area contributed by atoms with Crippen molar-refractivity contribution in [3.8, 4) is 0 Å². The summed E-state index contributed by atoms with van der Waals surface area (Å²) in [4.78, 5) is 13.5. The summed E-state index contributed by atoms with van der Waals surface area (Å²) >= 11 is 0. The predicted molar refractivity (Wildman–Crippen MR) is 73.0 cm³/mol. The number of nitrogens with zero attached hydrogens (tertiary/aromatic N) is 1. The molecule has 7 heteroatoms. The molecular formula is C15H17F3N2O2. The molecule has 1 fully saturated rings. The number of nitrogens with one attached hydrogen (secondary N) is 1. The van der Waals surface area contributed by atoms with E-state index in [1.165, 1.54) is 0 Å². The number of rotatable bonds is 1. The molecule has 0 aliphatic carbocycles. The van der Waals surface area contributed by atoms with Gasteiger partial charge < -0.3 is 15.3 Å². The quantitative estimate of drug-likeness (QED) is 0.820. The molecule has 2 aliphatic rings. The van der Waals surface area contributed by atoms with E-state index in [-0.39, 0.29) is 12.5 Å². The van der Waals surface area contributed by atoms with E-state index in [0.29, 0.717) is 13.0 Å². The van der Waals surface area contributed by atoms with Gasteiger partial charge in [0.25, 0.3) is 0 Å². The van der Waals surface area contributed by atoms with Crippen LogP contribution in [0.3, 0.4) is 0 Å². The van der Waals surface area contributed by atoms with Crippen LogP contribution in [0.2, 0.25) is 0 Å². The summed E-state index contributed by atoms with van der Waals surface area (Å²) in [7, 11) is 0. The molecule has 2 aliphatic heterocycles. The molecule has 2 heterocycles. The second-order valence-electron chi connectivity index (χ2n) is 5.95. The minimum Gasteiger partial charge on any atom is -0.379 e. The molecule has 22 heavy (non-hydrogen) atoms. The van der Waals surface area contributed by atoms with Gasteiger partial charge in [-0.25, -0.2) is 0 Å². The summed E-state index contributed by atoms with van der Waals surface area (Å²) in [6.07, 6.45) is -4.73. The van der Waals surface area contributed by atoms with E-state index in [1.807, 2.05) is 24.3 Å². The van der Waals surface area contributed by atoms with Crippen LogP contribution in [0.15, 0.2) is 24.3 Å². The average molecular weight is 314 g/mol. The molecular weight excluding hydrogens is 297 g/mol. The Hall–Kier alpha value is -1.60. The second-order valence-corrected chi connectivity index (χ2v) is 5.95. The molecule has 2 N–H and O–H groups in total. The molecule has 0 spiro atoms. The summed E-state index contributed by atoms with van der Waals surface area (Å²) in [5, 5.41) is 12.7. The highest BCUT2D eigenvalue weighted by molar-refractivity contribution is 5.83. The maximum absolute atomic E-state index is 12.8. The molecule has 2 atom stereocenters. The van der Waals surface area contributed by atoms with Crippen molar-refractivity contribution in [2.75, 3.05) is 13.1 Å². The Bertz CT molecular complexity index is 590. The van der Waals surface area contributed by atoms with Gasteiger partial charge in [-0.15, -0.1) is 0 Å². The normalized spacial score (nSPS) is 28.5. The van der Waals surface area contributed by atoms with Gasteiger partial charge in [0.2, 0.25) is 5.91 Å². The van der Waals surface area contributed by atoms with Crippen LogP contribution in [-0.2, 0) is 17.8 Å². The second kappa shape index (κ2) is 5.24. The Morgan fingerprint density at radius 1 is 1.32 bits per heavy atom. The summed E-state index contributed by atoms with van der Waals surface area (Å²) in [5.74, 6) is -0.380. The highest BCUT2D eigenvalue weighted by Gasteiger charge is 2.58. The molecule has 120 valence electrons. The van der Waals surface area contributed by atoms with Crippen molar-refractivity contribution in [1.29, 1.82) is 0 Å². The standard InChI is InChI=1S/C15H17F3N2O2/c16-15(17,18)14(22)5-6-20(9-14)13(21)12-7-10-3-1-2-4-11(10)8-19-12/h1-4,12,19,22H,5-9H2/t12-,14-/m0/s1. The fourth-order valence-electron chi connectivity index (χ4n) is 3.06. The van der Waals surface area contributed by atoms with E-state index in [9.17, 15) is 23.1 Å². The predicted octanol–water partition coefficient (Wildman–Crippen LogP) is 1.23. The molecule has 1 amide bonds. The van der Waals surface area contributed by atoms with E-state index in [1.54, 1.807) is 0 Å². The molecule has 4 nitrogen and oxygen atoms in total. The smallest absolute Gasteiger partial charge is 0.379 e. The monoisotopic (exact) mass is 314 g/mol. The number of hydrogen-bond acceptors (Lipinski definition) is 3. The zero-order valence-corrected chi connectivity index (χ0v) is 11.9. The van der Waals surface area contributed by atoms with Crippen molar-refractivity contribution < 1.29 is 23.1 Å². The summed E-state index contributed by atoms with van der Waals surface area (Å²) in [5.41, 5.74) is -0.653. The van der Waals surface area contributed by atoms with Crippen molar-refractivity contribution in [3.05, 3.63) is 35.4 Å². The van der Waals surface area contributed by atoms with Gasteiger partial charge in [-0.1, -0.05) is 24.3 Å². The first-order valence-corrected chi connectivity index (χ1v) is 7.18. The van der Waals surface area contributed by atoms with Gasteiger partial charge in [0.15, 0.2) is 5.60 Å². The zero-order chi connectivity index (χ0) is 16.0. The number of hydrogen-bond donors (Lipinski definition) is 2. The van der Waals surface area contributed by atoms with Crippen molar-refractivity contribution >= 4 is 5.91 Å². The van der Waals surface area contributed by atoms with Crippen LogP contribution in [0.1, 0.15) is 17.5 Å². The lowest BCUT2D eigenvalue weighted by Crippen LogP contribution is -2.52. The molecule has 0 unspecified atom stereocenters. The Balaban J connectivity index is 1.69. The number of amides is 1. The number of alkyl halides is 3. The van der Waals surface area contributed by atoms with Crippen LogP contribution in [0.5, 0.6) is 0 Å². The van der Waals surface area contributed by atoms with E-state index in [4.69, 9.17) is 0 Å². The highest BCUT2D eigenvalue weighted by atomic mass is 19.4. The molecule has 3 rings (SSSR count). The Kier molecular flexibility index (Phi) is 3.65.